The highest BCUT2D eigenvalue weighted by Crippen LogP contribution is 2.18. The second kappa shape index (κ2) is 8.74. The summed E-state index contributed by atoms with van der Waals surface area (Å²) >= 11 is 1.85. The zero-order chi connectivity index (χ0) is 14.9. The molecule has 5 heteroatoms. The molecule has 1 aliphatic heterocycles. The number of carboxylic acids is 1. The van der Waals surface area contributed by atoms with Crippen molar-refractivity contribution in [2.24, 2.45) is 0 Å². The van der Waals surface area contributed by atoms with Crippen molar-refractivity contribution < 1.29 is 19.4 Å². The molecule has 0 aliphatic carbocycles. The Morgan fingerprint density at radius 1 is 1.52 bits per heavy atom. The molecule has 0 bridgehead atoms. The lowest BCUT2D eigenvalue weighted by atomic mass is 10.2. The van der Waals surface area contributed by atoms with Gasteiger partial charge in [-0.05, 0) is 36.6 Å². The number of rotatable bonds is 8. The molecule has 4 nitrogen and oxygen atoms in total. The summed E-state index contributed by atoms with van der Waals surface area (Å²) < 4.78 is 11.2. The van der Waals surface area contributed by atoms with Crippen molar-refractivity contribution in [1.82, 2.24) is 0 Å². The molecule has 21 heavy (non-hydrogen) atoms. The van der Waals surface area contributed by atoms with Gasteiger partial charge in [0.15, 0.2) is 0 Å². The molecule has 1 unspecified atom stereocenters. The van der Waals surface area contributed by atoms with Gasteiger partial charge in [-0.15, -0.1) is 0 Å². The Bertz CT molecular complexity index is 481. The summed E-state index contributed by atoms with van der Waals surface area (Å²) in [7, 11) is 0. The molecule has 0 amide bonds. The van der Waals surface area contributed by atoms with Gasteiger partial charge >= 0.3 is 5.97 Å². The maximum atomic E-state index is 10.5. The third kappa shape index (κ3) is 6.23. The Balaban J connectivity index is 1.67. The van der Waals surface area contributed by atoms with E-state index in [9.17, 15) is 4.79 Å². The predicted molar refractivity (Wildman–Crippen MR) is 84.9 cm³/mol. The lowest BCUT2D eigenvalue weighted by Crippen LogP contribution is -2.10. The van der Waals surface area contributed by atoms with Gasteiger partial charge in [-0.2, -0.15) is 11.8 Å². The highest BCUT2D eigenvalue weighted by atomic mass is 32.2. The average Bonchev–Trinajstić information content (AvgIpc) is 2.98. The quantitative estimate of drug-likeness (QED) is 0.591. The largest absolute Gasteiger partial charge is 0.493 e. The van der Waals surface area contributed by atoms with Crippen LogP contribution in [-0.2, 0) is 9.53 Å². The van der Waals surface area contributed by atoms with E-state index in [-0.39, 0.29) is 0 Å². The van der Waals surface area contributed by atoms with Gasteiger partial charge in [0.1, 0.15) is 5.75 Å². The fourth-order valence-electron chi connectivity index (χ4n) is 2.08. The number of ether oxygens (including phenoxy) is 2. The second-order valence-corrected chi connectivity index (χ2v) is 5.95. The summed E-state index contributed by atoms with van der Waals surface area (Å²) in [5.41, 5.74) is 0.821. The molecule has 1 heterocycles. The molecule has 1 fully saturated rings. The van der Waals surface area contributed by atoms with Gasteiger partial charge in [-0.25, -0.2) is 4.79 Å². The maximum Gasteiger partial charge on any atom is 0.328 e. The fraction of sp³-hybridized carbons (Fsp3) is 0.438. The first-order valence-corrected chi connectivity index (χ1v) is 8.23. The van der Waals surface area contributed by atoms with E-state index in [2.05, 4.69) is 0 Å². The molecule has 1 saturated heterocycles. The summed E-state index contributed by atoms with van der Waals surface area (Å²) in [6.45, 7) is 1.54. The molecule has 1 aromatic carbocycles. The van der Waals surface area contributed by atoms with Crippen LogP contribution in [0.1, 0.15) is 18.4 Å². The van der Waals surface area contributed by atoms with E-state index in [0.717, 1.165) is 35.5 Å². The number of aliphatic carboxylic acids is 1. The Hall–Kier alpha value is -1.46. The SMILES string of the molecule is O=C(O)/C=C/c1cccc(OCCSCC2CCCO2)c1. The normalized spacial score (nSPS) is 18.2. The molecule has 0 spiro atoms. The zero-order valence-corrected chi connectivity index (χ0v) is 12.7. The van der Waals surface area contributed by atoms with Crippen LogP contribution >= 0.6 is 11.8 Å². The summed E-state index contributed by atoms with van der Waals surface area (Å²) in [5.74, 6) is 1.77. The highest BCUT2D eigenvalue weighted by Gasteiger charge is 2.14. The fourth-order valence-corrected chi connectivity index (χ4v) is 2.98. The van der Waals surface area contributed by atoms with E-state index in [1.165, 1.54) is 12.8 Å². The molecule has 1 atom stereocenters. The van der Waals surface area contributed by atoms with E-state index in [4.69, 9.17) is 14.6 Å². The molecule has 0 aromatic heterocycles. The van der Waals surface area contributed by atoms with Crippen LogP contribution in [0.3, 0.4) is 0 Å². The van der Waals surface area contributed by atoms with Gasteiger partial charge in [-0.1, -0.05) is 12.1 Å². The predicted octanol–water partition coefficient (Wildman–Crippen LogP) is 3.08. The van der Waals surface area contributed by atoms with Gasteiger partial charge in [0.2, 0.25) is 0 Å². The van der Waals surface area contributed by atoms with Crippen molar-refractivity contribution in [2.75, 3.05) is 24.7 Å². The molecule has 114 valence electrons. The Labute approximate surface area is 129 Å². The van der Waals surface area contributed by atoms with Crippen LogP contribution in [-0.4, -0.2) is 41.9 Å². The van der Waals surface area contributed by atoms with Crippen molar-refractivity contribution >= 4 is 23.8 Å². The Morgan fingerprint density at radius 3 is 3.19 bits per heavy atom. The van der Waals surface area contributed by atoms with Crippen LogP contribution in [0.4, 0.5) is 0 Å². The van der Waals surface area contributed by atoms with Gasteiger partial charge in [0, 0.05) is 24.2 Å². The van der Waals surface area contributed by atoms with E-state index in [1.807, 2.05) is 36.0 Å². The summed E-state index contributed by atoms with van der Waals surface area (Å²) in [6.07, 6.45) is 5.45. The van der Waals surface area contributed by atoms with Crippen LogP contribution in [0.25, 0.3) is 6.08 Å². The highest BCUT2D eigenvalue weighted by molar-refractivity contribution is 7.99. The lowest BCUT2D eigenvalue weighted by Gasteiger charge is -2.09. The number of thioether (sulfide) groups is 1. The maximum absolute atomic E-state index is 10.5. The van der Waals surface area contributed by atoms with Crippen molar-refractivity contribution in [3.8, 4) is 5.75 Å². The van der Waals surface area contributed by atoms with Crippen molar-refractivity contribution in [3.05, 3.63) is 35.9 Å². The number of carbonyl (C=O) groups is 1. The van der Waals surface area contributed by atoms with Gasteiger partial charge in [-0.3, -0.25) is 0 Å². The van der Waals surface area contributed by atoms with Crippen LogP contribution in [0.15, 0.2) is 30.3 Å². The first-order valence-electron chi connectivity index (χ1n) is 7.07. The molecule has 0 saturated carbocycles. The summed E-state index contributed by atoms with van der Waals surface area (Å²) in [5, 5.41) is 8.60. The average molecular weight is 308 g/mol. The van der Waals surface area contributed by atoms with Gasteiger partial charge in [0.25, 0.3) is 0 Å². The number of hydrogen-bond donors (Lipinski definition) is 1. The third-order valence-electron chi connectivity index (χ3n) is 3.10. The van der Waals surface area contributed by atoms with Gasteiger partial charge < -0.3 is 14.6 Å². The molecule has 1 N–H and O–H groups in total. The minimum absolute atomic E-state index is 0.416. The molecule has 2 rings (SSSR count). The van der Waals surface area contributed by atoms with Crippen LogP contribution < -0.4 is 4.74 Å². The summed E-state index contributed by atoms with van der Waals surface area (Å²) in [4.78, 5) is 10.5. The third-order valence-corrected chi connectivity index (χ3v) is 4.16. The van der Waals surface area contributed by atoms with E-state index >= 15 is 0 Å². The van der Waals surface area contributed by atoms with Crippen molar-refractivity contribution in [2.45, 2.75) is 18.9 Å². The number of carboxylic acid groups (broad SMARTS) is 1. The zero-order valence-electron chi connectivity index (χ0n) is 11.9. The lowest BCUT2D eigenvalue weighted by molar-refractivity contribution is -0.131. The Kier molecular flexibility index (Phi) is 6.63. The monoisotopic (exact) mass is 308 g/mol. The Morgan fingerprint density at radius 2 is 2.43 bits per heavy atom. The first-order chi connectivity index (χ1) is 10.2. The molecule has 1 aliphatic rings. The number of hydrogen-bond acceptors (Lipinski definition) is 4. The summed E-state index contributed by atoms with van der Waals surface area (Å²) in [6, 6.07) is 7.42. The number of benzene rings is 1. The van der Waals surface area contributed by atoms with E-state index < -0.39 is 5.97 Å². The van der Waals surface area contributed by atoms with Crippen LogP contribution in [0.5, 0.6) is 5.75 Å². The van der Waals surface area contributed by atoms with E-state index in [1.54, 1.807) is 6.08 Å². The van der Waals surface area contributed by atoms with Crippen molar-refractivity contribution in [1.29, 1.82) is 0 Å². The smallest absolute Gasteiger partial charge is 0.328 e. The minimum atomic E-state index is -0.952. The topological polar surface area (TPSA) is 55.8 Å². The minimum Gasteiger partial charge on any atom is -0.493 e. The second-order valence-electron chi connectivity index (χ2n) is 4.80. The van der Waals surface area contributed by atoms with Crippen LogP contribution in [0, 0.1) is 0 Å². The molecule has 0 radical (unpaired) electrons. The molecular weight excluding hydrogens is 288 g/mol. The standard InChI is InChI=1S/C16H20O4S/c17-16(18)7-6-13-3-1-4-14(11-13)20-9-10-21-12-15-5-2-8-19-15/h1,3-4,6-7,11,15H,2,5,8-10,12H2,(H,17,18)/b7-6+. The molecule has 1 aromatic rings. The van der Waals surface area contributed by atoms with Crippen molar-refractivity contribution in [3.63, 3.8) is 0 Å². The van der Waals surface area contributed by atoms with E-state index in [0.29, 0.717) is 12.7 Å². The first kappa shape index (κ1) is 15.9. The van der Waals surface area contributed by atoms with Crippen LogP contribution in [0.2, 0.25) is 0 Å². The van der Waals surface area contributed by atoms with Gasteiger partial charge in [0.05, 0.1) is 12.7 Å². The molecular formula is C16H20O4S.